The fourth-order valence-corrected chi connectivity index (χ4v) is 1.09. The van der Waals surface area contributed by atoms with Crippen LogP contribution in [0.4, 0.5) is 0 Å². The van der Waals surface area contributed by atoms with Gasteiger partial charge in [-0.05, 0) is 20.0 Å². The second-order valence-electron chi connectivity index (χ2n) is 3.18. The number of aromatic nitrogens is 1. The van der Waals surface area contributed by atoms with E-state index in [1.165, 1.54) is 6.07 Å². The molecule has 0 unspecified atom stereocenters. The highest BCUT2D eigenvalue weighted by Crippen LogP contribution is 2.08. The molecule has 0 aliphatic carbocycles. The molecular formula is C10H17ClN2O2. The Morgan fingerprint density at radius 3 is 2.67 bits per heavy atom. The molecule has 0 spiro atoms. The number of rotatable bonds is 4. The molecule has 0 saturated heterocycles. The number of nitrogens with zero attached hydrogens (tertiary/aromatic N) is 1. The molecule has 1 rings (SSSR count). The number of ether oxygens (including phenoxy) is 1. The summed E-state index contributed by atoms with van der Waals surface area (Å²) in [5.41, 5.74) is 0.862. The molecule has 86 valence electrons. The van der Waals surface area contributed by atoms with Crippen LogP contribution in [0.1, 0.15) is 5.69 Å². The van der Waals surface area contributed by atoms with Gasteiger partial charge in [-0.25, -0.2) is 0 Å². The Kier molecular flexibility index (Phi) is 6.05. The third-order valence-electron chi connectivity index (χ3n) is 2.10. The standard InChI is InChI=1S/C10H16N2O2.ClH/c1-8-6-9(14-5-4-11-2)7-10(13)12(8)3;/h6-7,11H,4-5H2,1-3H3;1H. The molecule has 4 nitrogen and oxygen atoms in total. The maximum atomic E-state index is 11.4. The van der Waals surface area contributed by atoms with E-state index in [9.17, 15) is 4.79 Å². The topological polar surface area (TPSA) is 43.3 Å². The molecule has 0 atom stereocenters. The van der Waals surface area contributed by atoms with Crippen molar-refractivity contribution < 1.29 is 4.74 Å². The molecule has 0 fully saturated rings. The molecule has 0 aliphatic heterocycles. The lowest BCUT2D eigenvalue weighted by Crippen LogP contribution is -2.20. The third kappa shape index (κ3) is 3.93. The molecule has 1 heterocycles. The fraction of sp³-hybridized carbons (Fsp3) is 0.500. The van der Waals surface area contributed by atoms with Crippen molar-refractivity contribution in [3.8, 4) is 5.75 Å². The van der Waals surface area contributed by atoms with Gasteiger partial charge in [0.25, 0.3) is 5.56 Å². The molecule has 5 heteroatoms. The average Bonchev–Trinajstić information content (AvgIpc) is 2.14. The van der Waals surface area contributed by atoms with Gasteiger partial charge in [0, 0.05) is 25.4 Å². The summed E-state index contributed by atoms with van der Waals surface area (Å²) in [6, 6.07) is 3.36. The molecule has 1 N–H and O–H groups in total. The summed E-state index contributed by atoms with van der Waals surface area (Å²) in [5.74, 6) is 0.640. The highest BCUT2D eigenvalue weighted by molar-refractivity contribution is 5.85. The molecule has 0 saturated carbocycles. The van der Waals surface area contributed by atoms with Crippen LogP contribution in [0.2, 0.25) is 0 Å². The summed E-state index contributed by atoms with van der Waals surface area (Å²) < 4.78 is 6.98. The van der Waals surface area contributed by atoms with Gasteiger partial charge >= 0.3 is 0 Å². The molecular weight excluding hydrogens is 216 g/mol. The van der Waals surface area contributed by atoms with Crippen LogP contribution in [0.15, 0.2) is 16.9 Å². The van der Waals surface area contributed by atoms with Gasteiger partial charge in [0.05, 0.1) is 0 Å². The predicted octanol–water partition coefficient (Wildman–Crippen LogP) is 0.714. The molecule has 0 aromatic carbocycles. The lowest BCUT2D eigenvalue weighted by atomic mass is 10.3. The minimum absolute atomic E-state index is 0. The van der Waals surface area contributed by atoms with Gasteiger partial charge in [-0.1, -0.05) is 0 Å². The van der Waals surface area contributed by atoms with Crippen LogP contribution < -0.4 is 15.6 Å². The van der Waals surface area contributed by atoms with Crippen LogP contribution in [-0.2, 0) is 7.05 Å². The summed E-state index contributed by atoms with van der Waals surface area (Å²) in [7, 11) is 3.60. The number of likely N-dealkylation sites (N-methyl/N-ethyl adjacent to an activating group) is 1. The minimum atomic E-state index is -0.0375. The Balaban J connectivity index is 0.00000196. The summed E-state index contributed by atoms with van der Waals surface area (Å²) in [5, 5.41) is 2.97. The highest BCUT2D eigenvalue weighted by Gasteiger charge is 1.99. The smallest absolute Gasteiger partial charge is 0.254 e. The normalized spacial score (nSPS) is 9.53. The average molecular weight is 233 g/mol. The zero-order valence-electron chi connectivity index (χ0n) is 9.24. The van der Waals surface area contributed by atoms with Crippen LogP contribution in [0.25, 0.3) is 0 Å². The quantitative estimate of drug-likeness (QED) is 0.778. The summed E-state index contributed by atoms with van der Waals surface area (Å²) in [4.78, 5) is 11.4. The Morgan fingerprint density at radius 2 is 2.13 bits per heavy atom. The van der Waals surface area contributed by atoms with Gasteiger partial charge in [-0.3, -0.25) is 4.79 Å². The van der Waals surface area contributed by atoms with Crippen molar-refractivity contribution in [2.75, 3.05) is 20.2 Å². The van der Waals surface area contributed by atoms with E-state index < -0.39 is 0 Å². The van der Waals surface area contributed by atoms with E-state index in [1.807, 2.05) is 20.0 Å². The van der Waals surface area contributed by atoms with Crippen molar-refractivity contribution in [1.82, 2.24) is 9.88 Å². The Morgan fingerprint density at radius 1 is 1.47 bits per heavy atom. The molecule has 0 bridgehead atoms. The molecule has 15 heavy (non-hydrogen) atoms. The molecule has 0 radical (unpaired) electrons. The maximum absolute atomic E-state index is 11.4. The van der Waals surface area contributed by atoms with Crippen LogP contribution >= 0.6 is 12.4 Å². The van der Waals surface area contributed by atoms with E-state index in [-0.39, 0.29) is 18.0 Å². The van der Waals surface area contributed by atoms with Crippen LogP contribution in [0.3, 0.4) is 0 Å². The van der Waals surface area contributed by atoms with Crippen molar-refractivity contribution >= 4 is 12.4 Å². The van der Waals surface area contributed by atoms with Crippen molar-refractivity contribution in [3.05, 3.63) is 28.2 Å². The number of pyridine rings is 1. The SMILES string of the molecule is CNCCOc1cc(C)n(C)c(=O)c1.Cl. The number of hydrogen-bond acceptors (Lipinski definition) is 3. The van der Waals surface area contributed by atoms with E-state index in [1.54, 1.807) is 11.6 Å². The summed E-state index contributed by atoms with van der Waals surface area (Å²) >= 11 is 0. The number of hydrogen-bond donors (Lipinski definition) is 1. The largest absolute Gasteiger partial charge is 0.492 e. The zero-order valence-corrected chi connectivity index (χ0v) is 10.1. The molecule has 0 amide bonds. The van der Waals surface area contributed by atoms with E-state index in [4.69, 9.17) is 4.74 Å². The minimum Gasteiger partial charge on any atom is -0.492 e. The fourth-order valence-electron chi connectivity index (χ4n) is 1.09. The van der Waals surface area contributed by atoms with Crippen LogP contribution in [0, 0.1) is 6.92 Å². The van der Waals surface area contributed by atoms with Crippen molar-refractivity contribution in [1.29, 1.82) is 0 Å². The number of aryl methyl sites for hydroxylation is 1. The first-order valence-corrected chi connectivity index (χ1v) is 4.60. The molecule has 1 aromatic rings. The van der Waals surface area contributed by atoms with E-state index in [2.05, 4.69) is 5.32 Å². The van der Waals surface area contributed by atoms with Gasteiger partial charge in [0.15, 0.2) is 0 Å². The monoisotopic (exact) mass is 232 g/mol. The Hall–Kier alpha value is -1.00. The maximum Gasteiger partial charge on any atom is 0.254 e. The zero-order chi connectivity index (χ0) is 10.6. The van der Waals surface area contributed by atoms with Crippen molar-refractivity contribution in [3.63, 3.8) is 0 Å². The lowest BCUT2D eigenvalue weighted by Gasteiger charge is -2.08. The number of nitrogens with one attached hydrogen (secondary N) is 1. The molecule has 1 aromatic heterocycles. The second-order valence-corrected chi connectivity index (χ2v) is 3.18. The second kappa shape index (κ2) is 6.48. The molecule has 0 aliphatic rings. The highest BCUT2D eigenvalue weighted by atomic mass is 35.5. The van der Waals surface area contributed by atoms with Gasteiger partial charge in [0.1, 0.15) is 12.4 Å². The van der Waals surface area contributed by atoms with Gasteiger partial charge < -0.3 is 14.6 Å². The summed E-state index contributed by atoms with van der Waals surface area (Å²) in [6.07, 6.45) is 0. The first-order chi connectivity index (χ1) is 6.65. The Bertz CT molecular complexity index is 363. The lowest BCUT2D eigenvalue weighted by molar-refractivity contribution is 0.317. The predicted molar refractivity (Wildman–Crippen MR) is 63.1 cm³/mol. The van der Waals surface area contributed by atoms with Crippen molar-refractivity contribution in [2.24, 2.45) is 7.05 Å². The van der Waals surface area contributed by atoms with Crippen LogP contribution in [-0.4, -0.2) is 24.8 Å². The van der Waals surface area contributed by atoms with E-state index in [0.717, 1.165) is 12.2 Å². The first-order valence-electron chi connectivity index (χ1n) is 4.60. The van der Waals surface area contributed by atoms with Crippen LogP contribution in [0.5, 0.6) is 5.75 Å². The van der Waals surface area contributed by atoms with E-state index in [0.29, 0.717) is 12.4 Å². The third-order valence-corrected chi connectivity index (χ3v) is 2.10. The Labute approximate surface area is 95.7 Å². The van der Waals surface area contributed by atoms with E-state index >= 15 is 0 Å². The van der Waals surface area contributed by atoms with Gasteiger partial charge in [0.2, 0.25) is 0 Å². The van der Waals surface area contributed by atoms with Crippen molar-refractivity contribution in [2.45, 2.75) is 6.92 Å². The summed E-state index contributed by atoms with van der Waals surface area (Å²) in [6.45, 7) is 3.23. The van der Waals surface area contributed by atoms with Gasteiger partial charge in [-0.15, -0.1) is 12.4 Å². The first kappa shape index (κ1) is 14.0. The number of halogens is 1. The van der Waals surface area contributed by atoms with Gasteiger partial charge in [-0.2, -0.15) is 0 Å².